The van der Waals surface area contributed by atoms with Crippen LogP contribution >= 0.6 is 15.9 Å². The van der Waals surface area contributed by atoms with Gasteiger partial charge in [0, 0.05) is 15.7 Å². The van der Waals surface area contributed by atoms with Crippen LogP contribution < -0.4 is 4.90 Å². The molecule has 0 spiro atoms. The van der Waals surface area contributed by atoms with Gasteiger partial charge in [-0.05, 0) is 42.3 Å². The number of hydrogen-bond acceptors (Lipinski definition) is 2. The van der Waals surface area contributed by atoms with Crippen molar-refractivity contribution in [3.8, 4) is 6.07 Å². The van der Waals surface area contributed by atoms with Crippen LogP contribution in [0.2, 0.25) is 0 Å². The highest BCUT2D eigenvalue weighted by molar-refractivity contribution is 9.10. The number of benzene rings is 2. The highest BCUT2D eigenvalue weighted by Gasteiger charge is 2.29. The summed E-state index contributed by atoms with van der Waals surface area (Å²) in [6.45, 7) is 2.54. The van der Waals surface area contributed by atoms with E-state index in [4.69, 9.17) is 5.26 Å². The fraction of sp³-hybridized carbons (Fsp3) is 0.125. The van der Waals surface area contributed by atoms with Gasteiger partial charge in [-0.1, -0.05) is 28.1 Å². The van der Waals surface area contributed by atoms with Crippen molar-refractivity contribution in [2.24, 2.45) is 0 Å². The van der Waals surface area contributed by atoms with E-state index in [2.05, 4.69) is 22.0 Å². The van der Waals surface area contributed by atoms with Gasteiger partial charge < -0.3 is 4.90 Å². The molecule has 0 radical (unpaired) electrons. The summed E-state index contributed by atoms with van der Waals surface area (Å²) < 4.78 is 0.983. The van der Waals surface area contributed by atoms with Crippen LogP contribution in [0, 0.1) is 18.3 Å². The van der Waals surface area contributed by atoms with Crippen LogP contribution in [0.25, 0.3) is 0 Å². The van der Waals surface area contributed by atoms with E-state index in [1.54, 1.807) is 17.0 Å². The van der Waals surface area contributed by atoms with E-state index in [0.717, 1.165) is 21.3 Å². The fourth-order valence-electron chi connectivity index (χ4n) is 2.45. The lowest BCUT2D eigenvalue weighted by Crippen LogP contribution is -2.23. The van der Waals surface area contributed by atoms with Crippen molar-refractivity contribution in [3.63, 3.8) is 0 Å². The van der Waals surface area contributed by atoms with E-state index in [-0.39, 0.29) is 5.91 Å². The largest absolute Gasteiger partial charge is 0.304 e. The molecular formula is C16H11BrN2O. The molecule has 1 aliphatic rings. The molecule has 2 aromatic carbocycles. The van der Waals surface area contributed by atoms with E-state index >= 15 is 0 Å². The Morgan fingerprint density at radius 2 is 2.10 bits per heavy atom. The van der Waals surface area contributed by atoms with Crippen LogP contribution in [0.15, 0.2) is 40.9 Å². The lowest BCUT2D eigenvalue weighted by atomic mass is 10.1. The third-order valence-electron chi connectivity index (χ3n) is 3.57. The van der Waals surface area contributed by atoms with E-state index in [9.17, 15) is 4.79 Å². The Morgan fingerprint density at radius 3 is 2.85 bits per heavy atom. The number of rotatable bonds is 1. The third kappa shape index (κ3) is 1.91. The van der Waals surface area contributed by atoms with Gasteiger partial charge in [0.25, 0.3) is 5.91 Å². The molecule has 0 fully saturated rings. The second kappa shape index (κ2) is 4.77. The minimum absolute atomic E-state index is 0.0432. The Labute approximate surface area is 125 Å². The number of nitriles is 1. The maximum absolute atomic E-state index is 12.5. The smallest absolute Gasteiger partial charge is 0.258 e. The number of anilines is 1. The second-order valence-electron chi connectivity index (χ2n) is 4.76. The average Bonchev–Trinajstić information content (AvgIpc) is 2.78. The van der Waals surface area contributed by atoms with Crippen LogP contribution in [0.4, 0.5) is 5.69 Å². The van der Waals surface area contributed by atoms with Crippen molar-refractivity contribution in [1.82, 2.24) is 0 Å². The van der Waals surface area contributed by atoms with E-state index in [1.165, 1.54) is 0 Å². The Hall–Kier alpha value is -2.12. The molecule has 20 heavy (non-hydrogen) atoms. The van der Waals surface area contributed by atoms with Crippen molar-refractivity contribution in [2.45, 2.75) is 13.5 Å². The molecule has 1 heterocycles. The molecule has 0 aliphatic carbocycles. The van der Waals surface area contributed by atoms with Crippen LogP contribution in [-0.4, -0.2) is 5.91 Å². The highest BCUT2D eigenvalue weighted by Crippen LogP contribution is 2.33. The summed E-state index contributed by atoms with van der Waals surface area (Å²) in [4.78, 5) is 14.3. The summed E-state index contributed by atoms with van der Waals surface area (Å²) in [5.41, 5.74) is 4.05. The van der Waals surface area contributed by atoms with Crippen LogP contribution in [0.5, 0.6) is 0 Å². The topological polar surface area (TPSA) is 44.1 Å². The maximum Gasteiger partial charge on any atom is 0.258 e. The molecule has 0 unspecified atom stereocenters. The van der Waals surface area contributed by atoms with Gasteiger partial charge in [0.15, 0.2) is 0 Å². The SMILES string of the molecule is Cc1c(Br)cccc1N1Cc2ccc(C#N)cc2C1=O. The van der Waals surface area contributed by atoms with E-state index in [1.807, 2.05) is 31.2 Å². The number of carbonyl (C=O) groups is 1. The molecule has 4 heteroatoms. The highest BCUT2D eigenvalue weighted by atomic mass is 79.9. The van der Waals surface area contributed by atoms with Gasteiger partial charge in [-0.2, -0.15) is 5.26 Å². The van der Waals surface area contributed by atoms with E-state index in [0.29, 0.717) is 17.7 Å². The summed E-state index contributed by atoms with van der Waals surface area (Å²) in [6.07, 6.45) is 0. The van der Waals surface area contributed by atoms with Crippen LogP contribution in [-0.2, 0) is 6.54 Å². The normalized spacial score (nSPS) is 13.2. The Kier molecular flexibility index (Phi) is 3.07. The monoisotopic (exact) mass is 326 g/mol. The summed E-state index contributed by atoms with van der Waals surface area (Å²) >= 11 is 3.49. The first-order chi connectivity index (χ1) is 9.61. The molecule has 3 nitrogen and oxygen atoms in total. The summed E-state index contributed by atoms with van der Waals surface area (Å²) in [5.74, 6) is -0.0432. The van der Waals surface area contributed by atoms with Crippen LogP contribution in [0.1, 0.15) is 27.0 Å². The molecule has 2 aromatic rings. The van der Waals surface area contributed by atoms with Gasteiger partial charge in [-0.3, -0.25) is 4.79 Å². The standard InChI is InChI=1S/C16H11BrN2O/c1-10-14(17)3-2-4-15(10)19-9-12-6-5-11(8-18)7-13(12)16(19)20/h2-7H,9H2,1H3. The molecule has 0 bridgehead atoms. The summed E-state index contributed by atoms with van der Waals surface area (Å²) in [6, 6.07) is 13.2. The van der Waals surface area contributed by atoms with Crippen molar-refractivity contribution in [2.75, 3.05) is 4.90 Å². The zero-order chi connectivity index (χ0) is 14.3. The lowest BCUT2D eigenvalue weighted by Gasteiger charge is -2.19. The first kappa shape index (κ1) is 12.9. The fourth-order valence-corrected chi connectivity index (χ4v) is 2.81. The predicted molar refractivity (Wildman–Crippen MR) is 80.5 cm³/mol. The van der Waals surface area contributed by atoms with Crippen molar-refractivity contribution in [3.05, 3.63) is 63.1 Å². The number of halogens is 1. The van der Waals surface area contributed by atoms with Gasteiger partial charge in [0.2, 0.25) is 0 Å². The number of fused-ring (bicyclic) bond motifs is 1. The Bertz CT molecular complexity index is 762. The quantitative estimate of drug-likeness (QED) is 0.800. The molecule has 0 aromatic heterocycles. The summed E-state index contributed by atoms with van der Waals surface area (Å²) in [7, 11) is 0. The zero-order valence-electron chi connectivity index (χ0n) is 10.9. The molecule has 0 saturated heterocycles. The molecule has 1 aliphatic heterocycles. The Balaban J connectivity index is 2.06. The molecule has 1 amide bonds. The second-order valence-corrected chi connectivity index (χ2v) is 5.61. The van der Waals surface area contributed by atoms with E-state index < -0.39 is 0 Å². The predicted octanol–water partition coefficient (Wildman–Crippen LogP) is 3.79. The average molecular weight is 327 g/mol. The molecule has 0 saturated carbocycles. The lowest BCUT2D eigenvalue weighted by molar-refractivity contribution is 0.0996. The van der Waals surface area contributed by atoms with Gasteiger partial charge in [-0.15, -0.1) is 0 Å². The minimum Gasteiger partial charge on any atom is -0.304 e. The van der Waals surface area contributed by atoms with Crippen molar-refractivity contribution in [1.29, 1.82) is 5.26 Å². The minimum atomic E-state index is -0.0432. The number of carbonyl (C=O) groups excluding carboxylic acids is 1. The van der Waals surface area contributed by atoms with Gasteiger partial charge in [0.1, 0.15) is 0 Å². The van der Waals surface area contributed by atoms with Crippen LogP contribution in [0.3, 0.4) is 0 Å². The molecule has 0 atom stereocenters. The van der Waals surface area contributed by atoms with Gasteiger partial charge >= 0.3 is 0 Å². The van der Waals surface area contributed by atoms with Gasteiger partial charge in [0.05, 0.1) is 18.2 Å². The summed E-state index contributed by atoms with van der Waals surface area (Å²) in [5, 5.41) is 8.94. The number of hydrogen-bond donors (Lipinski definition) is 0. The first-order valence-corrected chi connectivity index (χ1v) is 7.01. The maximum atomic E-state index is 12.5. The molecule has 98 valence electrons. The molecule has 3 rings (SSSR count). The Morgan fingerprint density at radius 1 is 1.30 bits per heavy atom. The molecule has 0 N–H and O–H groups in total. The number of nitrogens with zero attached hydrogens (tertiary/aromatic N) is 2. The third-order valence-corrected chi connectivity index (χ3v) is 4.43. The van der Waals surface area contributed by atoms with Gasteiger partial charge in [-0.25, -0.2) is 0 Å². The van der Waals surface area contributed by atoms with Crippen molar-refractivity contribution >= 4 is 27.5 Å². The number of amides is 1. The van der Waals surface area contributed by atoms with Crippen molar-refractivity contribution < 1.29 is 4.79 Å². The zero-order valence-corrected chi connectivity index (χ0v) is 12.4. The molecular weight excluding hydrogens is 316 g/mol. The first-order valence-electron chi connectivity index (χ1n) is 6.22.